The first-order valence-corrected chi connectivity index (χ1v) is 38.9. The van der Waals surface area contributed by atoms with Crippen molar-refractivity contribution in [2.75, 3.05) is 4.90 Å². The van der Waals surface area contributed by atoms with Crippen molar-refractivity contribution in [1.82, 2.24) is 9.13 Å². The van der Waals surface area contributed by atoms with Gasteiger partial charge in [0.05, 0.1) is 51.0 Å². The molecule has 0 atom stereocenters. The lowest BCUT2D eigenvalue weighted by atomic mass is 9.35. The molecule has 2 aliphatic heterocycles. The van der Waals surface area contributed by atoms with E-state index in [1.807, 2.05) is 36.0 Å². The molecule has 21 rings (SSSR count). The molecular formula is C96H62BN5O2SSi. The van der Waals surface area contributed by atoms with E-state index in [0.717, 1.165) is 133 Å². The summed E-state index contributed by atoms with van der Waals surface area (Å²) in [6.45, 7) is 6.69. The summed E-state index contributed by atoms with van der Waals surface area (Å²) in [5.74, 6) is 0. The molecule has 106 heavy (non-hydrogen) atoms. The third kappa shape index (κ3) is 9.12. The highest BCUT2D eigenvalue weighted by Crippen LogP contribution is 2.50. The molecule has 0 bridgehead atoms. The lowest BCUT2D eigenvalue weighted by molar-refractivity contribution is 0.590. The molecule has 6 heterocycles. The number of furan rings is 2. The Balaban J connectivity index is 0.848. The largest absolute Gasteiger partial charge is 0.456 e. The lowest BCUT2D eigenvalue weighted by Gasteiger charge is -2.41. The van der Waals surface area contributed by atoms with Gasteiger partial charge in [-0.2, -0.15) is 10.5 Å². The summed E-state index contributed by atoms with van der Waals surface area (Å²) in [7, 11) is -3.19. The van der Waals surface area contributed by atoms with Gasteiger partial charge < -0.3 is 22.9 Å². The van der Waals surface area contributed by atoms with E-state index in [1.165, 1.54) is 58.1 Å². The Kier molecular flexibility index (Phi) is 13.6. The number of hydrogen-bond acceptors (Lipinski definition) is 6. The van der Waals surface area contributed by atoms with Gasteiger partial charge in [0.1, 0.15) is 22.3 Å². The van der Waals surface area contributed by atoms with E-state index in [4.69, 9.17) is 8.83 Å². The van der Waals surface area contributed by atoms with Crippen molar-refractivity contribution in [2.45, 2.75) is 36.0 Å². The minimum atomic E-state index is -3.19. The number of rotatable bonds is 9. The van der Waals surface area contributed by atoms with E-state index >= 15 is 0 Å². The highest BCUT2D eigenvalue weighted by molar-refractivity contribution is 8.00. The van der Waals surface area contributed by atoms with Crippen LogP contribution < -0.4 is 42.0 Å². The molecular weight excluding hydrogens is 1330 g/mol. The lowest BCUT2D eigenvalue weighted by Crippen LogP contribution is -2.74. The SMILES string of the molecule is CC(C)(C)c1ccc(N2c3cc(-n4c5ccc(C#N)cc5c5cc(C#N)ccc54)ccc3B3c4ccc(-n5c6ccccc6c6ccccc65)cc4Sc4cc(-c5ccc6oc7cc([Si](c8ccccc8)(c8ccccc8)c8ccccc8)c8oc9ccccc9c8c7c6c5)cc2c43)c(-c2ccccc2)c1. The second-order valence-electron chi connectivity index (χ2n) is 29.2. The minimum absolute atomic E-state index is 0.159. The smallest absolute Gasteiger partial charge is 0.249 e. The van der Waals surface area contributed by atoms with Gasteiger partial charge in [-0.1, -0.05) is 238 Å². The van der Waals surface area contributed by atoms with Crippen LogP contribution in [0.5, 0.6) is 0 Å². The van der Waals surface area contributed by atoms with Gasteiger partial charge in [0.25, 0.3) is 0 Å². The third-order valence-electron chi connectivity index (χ3n) is 22.5. The molecule has 15 aromatic carbocycles. The minimum Gasteiger partial charge on any atom is -0.456 e. The second-order valence-corrected chi connectivity index (χ2v) is 34.1. The normalized spacial score (nSPS) is 12.8. The van der Waals surface area contributed by atoms with Gasteiger partial charge in [0.15, 0.2) is 8.07 Å². The van der Waals surface area contributed by atoms with Crippen molar-refractivity contribution in [3.8, 4) is 45.8 Å². The van der Waals surface area contributed by atoms with Gasteiger partial charge in [0, 0.05) is 86.4 Å². The van der Waals surface area contributed by atoms with Crippen molar-refractivity contribution in [1.29, 1.82) is 10.5 Å². The number of hydrogen-bond donors (Lipinski definition) is 0. The molecule has 10 heteroatoms. The maximum atomic E-state index is 10.3. The molecule has 2 aliphatic rings. The molecule has 0 spiro atoms. The van der Waals surface area contributed by atoms with Gasteiger partial charge in [-0.05, 0) is 175 Å². The molecule has 7 nitrogen and oxygen atoms in total. The molecule has 0 fully saturated rings. The van der Waals surface area contributed by atoms with Crippen LogP contribution in [0.4, 0.5) is 17.1 Å². The van der Waals surface area contributed by atoms with Crippen LogP contribution in [-0.2, 0) is 5.41 Å². The molecule has 0 saturated carbocycles. The Labute approximate surface area is 617 Å². The monoisotopic (exact) mass is 1390 g/mol. The predicted molar refractivity (Wildman–Crippen MR) is 442 cm³/mol. The fourth-order valence-corrected chi connectivity index (χ4v) is 23.9. The fraction of sp³-hybridized carbons (Fsp3) is 0.0417. The number of aromatic nitrogens is 2. The average molecular weight is 1390 g/mol. The Hall–Kier alpha value is -13.1. The maximum Gasteiger partial charge on any atom is 0.249 e. The predicted octanol–water partition coefficient (Wildman–Crippen LogP) is 20.2. The van der Waals surface area contributed by atoms with E-state index in [-0.39, 0.29) is 12.1 Å². The van der Waals surface area contributed by atoms with E-state index in [0.29, 0.717) is 11.1 Å². The summed E-state index contributed by atoms with van der Waals surface area (Å²) >= 11 is 1.86. The van der Waals surface area contributed by atoms with Gasteiger partial charge in [-0.25, -0.2) is 0 Å². The molecule has 0 saturated heterocycles. The van der Waals surface area contributed by atoms with Crippen LogP contribution in [0.1, 0.15) is 37.5 Å². The Morgan fingerprint density at radius 1 is 0.377 bits per heavy atom. The van der Waals surface area contributed by atoms with Gasteiger partial charge >= 0.3 is 0 Å². The summed E-state index contributed by atoms with van der Waals surface area (Å²) in [4.78, 5) is 4.93. The van der Waals surface area contributed by atoms with E-state index < -0.39 is 8.07 Å². The molecule has 0 unspecified atom stereocenters. The molecule has 496 valence electrons. The summed E-state index contributed by atoms with van der Waals surface area (Å²) in [6, 6.07) is 122. The van der Waals surface area contributed by atoms with Crippen LogP contribution in [0.25, 0.3) is 121 Å². The third-order valence-corrected chi connectivity index (χ3v) is 28.4. The average Bonchev–Trinajstić information content (AvgIpc) is 1.26. The zero-order valence-electron chi connectivity index (χ0n) is 58.1. The highest BCUT2D eigenvalue weighted by Gasteiger charge is 2.46. The van der Waals surface area contributed by atoms with Gasteiger partial charge in [0.2, 0.25) is 6.71 Å². The maximum absolute atomic E-state index is 10.3. The second kappa shape index (κ2) is 23.5. The molecule has 0 radical (unpaired) electrons. The summed E-state index contributed by atoms with van der Waals surface area (Å²) in [5, 5.41) is 33.9. The van der Waals surface area contributed by atoms with E-state index in [9.17, 15) is 10.5 Å². The number of anilines is 3. The number of benzene rings is 15. The first-order chi connectivity index (χ1) is 52.1. The zero-order valence-corrected chi connectivity index (χ0v) is 60.0. The van der Waals surface area contributed by atoms with Crippen molar-refractivity contribution in [3.05, 3.63) is 338 Å². The standard InChI is InChI=1S/C96H62BN5O2SSi/c1-96(2,3)64-39-46-81(73(53-64)61-22-8-4-9-23-61)102-84-54-65(100-82-44-36-59(57-98)48-74(82)75-49-60(58-99)37-45-83(75)100)40-42-77(84)97-78-43-41-66(101-79-33-19-16-30-70(79)71-31-17-20-34-80(71)101)55-89(78)105-90-52-63(51-85(102)94(90)97)62-38-47-87-76(50-62)92-88(103-87)56-91(95-93(92)72-32-18-21-35-86(72)104-95)106(67-24-10-5-11-25-67,68-26-12-6-13-27-68)69-28-14-7-15-29-69/h4-56H,1-3H3. The quantitative estimate of drug-likeness (QED) is 0.106. The zero-order chi connectivity index (χ0) is 70.7. The number of fused-ring (bicyclic) bond motifs is 17. The van der Waals surface area contributed by atoms with Crippen LogP contribution in [0.15, 0.2) is 340 Å². The van der Waals surface area contributed by atoms with Crippen LogP contribution in [-0.4, -0.2) is 23.9 Å². The topological polar surface area (TPSA) is 87.0 Å². The number of nitrogens with zero attached hydrogens (tertiary/aromatic N) is 5. The van der Waals surface area contributed by atoms with Crippen molar-refractivity contribution < 1.29 is 8.83 Å². The fourth-order valence-electron chi connectivity index (χ4n) is 17.8. The van der Waals surface area contributed by atoms with Crippen molar-refractivity contribution in [3.63, 3.8) is 0 Å². The molecule has 0 N–H and O–H groups in total. The molecule has 0 amide bonds. The van der Waals surface area contributed by atoms with Gasteiger partial charge in [-0.15, -0.1) is 0 Å². The molecule has 0 aliphatic carbocycles. The molecule has 19 aromatic rings. The Morgan fingerprint density at radius 3 is 1.56 bits per heavy atom. The summed E-state index contributed by atoms with van der Waals surface area (Å²) < 4.78 is 19.5. The summed E-state index contributed by atoms with van der Waals surface area (Å²) in [6.07, 6.45) is 0. The van der Waals surface area contributed by atoms with Crippen LogP contribution >= 0.6 is 11.8 Å². The molecule has 4 aromatic heterocycles. The number of para-hydroxylation sites is 3. The highest BCUT2D eigenvalue weighted by atomic mass is 32.2. The van der Waals surface area contributed by atoms with Crippen LogP contribution in [0.2, 0.25) is 0 Å². The Morgan fingerprint density at radius 2 is 0.934 bits per heavy atom. The summed E-state index contributed by atoms with van der Waals surface area (Å²) in [5.41, 5.74) is 22.9. The van der Waals surface area contributed by atoms with E-state index in [2.05, 4.69) is 344 Å². The first kappa shape index (κ1) is 61.6. The van der Waals surface area contributed by atoms with Crippen molar-refractivity contribution in [2.24, 2.45) is 0 Å². The van der Waals surface area contributed by atoms with Crippen LogP contribution in [0.3, 0.4) is 0 Å². The Bertz CT molecular complexity index is 6800. The van der Waals surface area contributed by atoms with Gasteiger partial charge in [-0.3, -0.25) is 0 Å². The van der Waals surface area contributed by atoms with E-state index in [1.54, 1.807) is 0 Å². The van der Waals surface area contributed by atoms with Crippen LogP contribution in [0, 0.1) is 22.7 Å². The number of nitriles is 2. The first-order valence-electron chi connectivity index (χ1n) is 36.1. The van der Waals surface area contributed by atoms with Crippen molar-refractivity contribution >= 4 is 168 Å².